The largest absolute Gasteiger partial charge is 0.492 e. The highest BCUT2D eigenvalue weighted by atomic mass is 32.1. The Labute approximate surface area is 186 Å². The zero-order valence-corrected chi connectivity index (χ0v) is 19.1. The zero-order valence-electron chi connectivity index (χ0n) is 18.3. The lowest BCUT2D eigenvalue weighted by molar-refractivity contribution is 0.0608. The van der Waals surface area contributed by atoms with Crippen LogP contribution in [0.1, 0.15) is 48.3 Å². The molecule has 0 atom stereocenters. The molecule has 2 aliphatic heterocycles. The molecule has 7 heteroatoms. The van der Waals surface area contributed by atoms with E-state index in [9.17, 15) is 4.79 Å². The van der Waals surface area contributed by atoms with Gasteiger partial charge in [0.25, 0.3) is 5.91 Å². The summed E-state index contributed by atoms with van der Waals surface area (Å²) < 4.78 is 6.03. The van der Waals surface area contributed by atoms with Gasteiger partial charge in [-0.25, -0.2) is 4.98 Å². The number of likely N-dealkylation sites (tertiary alicyclic amines) is 1. The van der Waals surface area contributed by atoms with Crippen molar-refractivity contribution in [3.63, 3.8) is 0 Å². The van der Waals surface area contributed by atoms with Crippen molar-refractivity contribution in [3.8, 4) is 28.1 Å². The van der Waals surface area contributed by atoms with Crippen LogP contribution in [0.4, 0.5) is 0 Å². The Hall–Kier alpha value is -2.67. The number of ether oxygens (including phenoxy) is 1. The highest BCUT2D eigenvalue weighted by Crippen LogP contribution is 2.40. The Kier molecular flexibility index (Phi) is 5.08. The lowest BCUT2D eigenvalue weighted by atomic mass is 9.75. The van der Waals surface area contributed by atoms with Gasteiger partial charge >= 0.3 is 0 Å². The number of amides is 1. The molecule has 0 spiro atoms. The molecule has 2 aliphatic rings. The number of hydrogen-bond acceptors (Lipinski definition) is 5. The van der Waals surface area contributed by atoms with Crippen molar-refractivity contribution >= 4 is 17.2 Å². The van der Waals surface area contributed by atoms with Gasteiger partial charge in [-0.3, -0.25) is 9.89 Å². The SMILES string of the molecule is CC(C)(C)C1CCN(C(=O)c2nc3c(s2)CCOc2cc(-c4cn[nH]c4)ccc2-3)CC1. The van der Waals surface area contributed by atoms with Crippen LogP contribution in [0.25, 0.3) is 22.4 Å². The molecule has 3 aromatic rings. The van der Waals surface area contributed by atoms with Crippen molar-refractivity contribution in [2.75, 3.05) is 19.7 Å². The quantitative estimate of drug-likeness (QED) is 0.611. The monoisotopic (exact) mass is 436 g/mol. The number of aromatic nitrogens is 3. The number of carbonyl (C=O) groups is 1. The van der Waals surface area contributed by atoms with E-state index in [1.807, 2.05) is 23.2 Å². The van der Waals surface area contributed by atoms with Gasteiger partial charge in [0.2, 0.25) is 0 Å². The Morgan fingerprint density at radius 2 is 2.03 bits per heavy atom. The van der Waals surface area contributed by atoms with Crippen molar-refractivity contribution in [3.05, 3.63) is 40.5 Å². The molecule has 31 heavy (non-hydrogen) atoms. The summed E-state index contributed by atoms with van der Waals surface area (Å²) in [5.74, 6) is 1.55. The fourth-order valence-electron chi connectivity index (χ4n) is 4.59. The van der Waals surface area contributed by atoms with Crippen LogP contribution in [0, 0.1) is 11.3 Å². The first-order chi connectivity index (χ1) is 14.9. The van der Waals surface area contributed by atoms with Gasteiger partial charge in [0.15, 0.2) is 5.01 Å². The molecule has 4 heterocycles. The fourth-order valence-corrected chi connectivity index (χ4v) is 5.61. The number of piperidine rings is 1. The topological polar surface area (TPSA) is 71.1 Å². The summed E-state index contributed by atoms with van der Waals surface area (Å²) in [6, 6.07) is 6.14. The first kappa shape index (κ1) is 20.2. The highest BCUT2D eigenvalue weighted by Gasteiger charge is 2.32. The summed E-state index contributed by atoms with van der Waals surface area (Å²) >= 11 is 1.52. The van der Waals surface area contributed by atoms with Gasteiger partial charge < -0.3 is 9.64 Å². The molecule has 1 N–H and O–H groups in total. The third-order valence-electron chi connectivity index (χ3n) is 6.54. The first-order valence-corrected chi connectivity index (χ1v) is 11.8. The van der Waals surface area contributed by atoms with E-state index in [0.29, 0.717) is 22.9 Å². The summed E-state index contributed by atoms with van der Waals surface area (Å²) in [4.78, 5) is 21.1. The van der Waals surface area contributed by atoms with Gasteiger partial charge in [0.05, 0.1) is 18.5 Å². The normalized spacial score (nSPS) is 16.9. The minimum atomic E-state index is 0.0721. The van der Waals surface area contributed by atoms with Crippen molar-refractivity contribution in [1.82, 2.24) is 20.1 Å². The third-order valence-corrected chi connectivity index (χ3v) is 7.65. The molecule has 162 valence electrons. The average molecular weight is 437 g/mol. The molecule has 1 amide bonds. The minimum Gasteiger partial charge on any atom is -0.492 e. The molecular weight excluding hydrogens is 408 g/mol. The molecule has 0 saturated carbocycles. The number of thiazole rings is 1. The number of carbonyl (C=O) groups excluding carboxylic acids is 1. The molecule has 0 aliphatic carbocycles. The molecular formula is C24H28N4O2S. The minimum absolute atomic E-state index is 0.0721. The molecule has 2 aromatic heterocycles. The molecule has 5 rings (SSSR count). The van der Waals surface area contributed by atoms with E-state index < -0.39 is 0 Å². The van der Waals surface area contributed by atoms with Crippen LogP contribution in [-0.2, 0) is 6.42 Å². The molecule has 1 aromatic carbocycles. The third kappa shape index (κ3) is 3.87. The second-order valence-electron chi connectivity index (χ2n) is 9.52. The summed E-state index contributed by atoms with van der Waals surface area (Å²) in [6.45, 7) is 9.11. The predicted molar refractivity (Wildman–Crippen MR) is 122 cm³/mol. The second-order valence-corrected chi connectivity index (χ2v) is 10.6. The number of rotatable bonds is 2. The van der Waals surface area contributed by atoms with Crippen LogP contribution in [0.15, 0.2) is 30.6 Å². The van der Waals surface area contributed by atoms with Gasteiger partial charge in [-0.2, -0.15) is 5.10 Å². The first-order valence-electron chi connectivity index (χ1n) is 11.0. The molecule has 0 unspecified atom stereocenters. The molecule has 1 fully saturated rings. The van der Waals surface area contributed by atoms with Crippen LogP contribution < -0.4 is 4.74 Å². The van der Waals surface area contributed by atoms with Crippen molar-refractivity contribution < 1.29 is 9.53 Å². The van der Waals surface area contributed by atoms with E-state index >= 15 is 0 Å². The van der Waals surface area contributed by atoms with Crippen molar-refractivity contribution in [1.29, 1.82) is 0 Å². The lowest BCUT2D eigenvalue weighted by Gasteiger charge is -2.38. The molecule has 1 saturated heterocycles. The maximum absolute atomic E-state index is 13.2. The molecule has 0 radical (unpaired) electrons. The van der Waals surface area contributed by atoms with E-state index in [2.05, 4.69) is 37.0 Å². The maximum atomic E-state index is 13.2. The Morgan fingerprint density at radius 1 is 1.23 bits per heavy atom. The Balaban J connectivity index is 1.40. The summed E-state index contributed by atoms with van der Waals surface area (Å²) in [6.07, 6.45) is 6.56. The van der Waals surface area contributed by atoms with Crippen LogP contribution in [0.2, 0.25) is 0 Å². The van der Waals surface area contributed by atoms with Gasteiger partial charge in [-0.15, -0.1) is 11.3 Å². The van der Waals surface area contributed by atoms with E-state index in [4.69, 9.17) is 9.72 Å². The standard InChI is InChI=1S/C24H28N4O2S/c1-24(2,3)17-6-9-28(10-7-17)23(29)22-27-21-18-5-4-15(16-13-25-26-14-16)12-19(18)30-11-8-20(21)31-22/h4-5,12-14,17H,6-11H2,1-3H3,(H,25,26). The number of nitrogens with one attached hydrogen (secondary N) is 1. The number of H-pyrrole nitrogens is 1. The van der Waals surface area contributed by atoms with Gasteiger partial charge in [0, 0.05) is 41.7 Å². The number of aromatic amines is 1. The number of benzene rings is 1. The van der Waals surface area contributed by atoms with E-state index in [1.54, 1.807) is 6.20 Å². The second kappa shape index (κ2) is 7.79. The van der Waals surface area contributed by atoms with Crippen LogP contribution in [0.3, 0.4) is 0 Å². The zero-order chi connectivity index (χ0) is 21.6. The highest BCUT2D eigenvalue weighted by molar-refractivity contribution is 7.14. The summed E-state index contributed by atoms with van der Waals surface area (Å²) in [7, 11) is 0. The van der Waals surface area contributed by atoms with Gasteiger partial charge in [-0.05, 0) is 41.9 Å². The summed E-state index contributed by atoms with van der Waals surface area (Å²) in [5, 5.41) is 7.48. The van der Waals surface area contributed by atoms with E-state index in [-0.39, 0.29) is 5.91 Å². The molecule has 0 bridgehead atoms. The number of fused-ring (bicyclic) bond motifs is 3. The molecule has 6 nitrogen and oxygen atoms in total. The average Bonchev–Trinajstić information content (AvgIpc) is 3.40. The smallest absolute Gasteiger partial charge is 0.282 e. The lowest BCUT2D eigenvalue weighted by Crippen LogP contribution is -2.41. The van der Waals surface area contributed by atoms with Gasteiger partial charge in [-0.1, -0.05) is 26.8 Å². The predicted octanol–water partition coefficient (Wildman–Crippen LogP) is 5.03. The van der Waals surface area contributed by atoms with E-state index in [1.165, 1.54) is 11.3 Å². The Morgan fingerprint density at radius 3 is 2.74 bits per heavy atom. The number of hydrogen-bond donors (Lipinski definition) is 1. The number of nitrogens with zero attached hydrogens (tertiary/aromatic N) is 3. The van der Waals surface area contributed by atoms with Crippen LogP contribution in [0.5, 0.6) is 5.75 Å². The van der Waals surface area contributed by atoms with Gasteiger partial charge in [0.1, 0.15) is 5.75 Å². The van der Waals surface area contributed by atoms with Crippen LogP contribution >= 0.6 is 11.3 Å². The van der Waals surface area contributed by atoms with Crippen LogP contribution in [-0.4, -0.2) is 45.7 Å². The maximum Gasteiger partial charge on any atom is 0.282 e. The van der Waals surface area contributed by atoms with Crippen molar-refractivity contribution in [2.24, 2.45) is 11.3 Å². The van der Waals surface area contributed by atoms with Crippen molar-refractivity contribution in [2.45, 2.75) is 40.0 Å². The van der Waals surface area contributed by atoms with E-state index in [0.717, 1.165) is 65.4 Å². The Bertz CT molecular complexity index is 1090. The summed E-state index contributed by atoms with van der Waals surface area (Å²) in [5.41, 5.74) is 4.21. The fraction of sp³-hybridized carbons (Fsp3) is 0.458.